The first-order valence-electron chi connectivity index (χ1n) is 11.3. The lowest BCUT2D eigenvalue weighted by molar-refractivity contribution is -0.167. The number of aryl methyl sites for hydroxylation is 1. The molecule has 1 aromatic carbocycles. The number of fused-ring (bicyclic) bond motifs is 1. The SMILES string of the molecule is CCN(CCNC)C12CC(c3cccc4c3n(C)c(=O)n4C3CCC(=O)NC3=O)(C1)C2. The van der Waals surface area contributed by atoms with Crippen molar-refractivity contribution in [3.63, 3.8) is 0 Å². The second-order valence-corrected chi connectivity index (χ2v) is 9.57. The van der Waals surface area contributed by atoms with Gasteiger partial charge < -0.3 is 5.32 Å². The number of carbonyl (C=O) groups excluding carboxylic acids is 2. The molecule has 1 atom stereocenters. The van der Waals surface area contributed by atoms with Gasteiger partial charge in [0.25, 0.3) is 0 Å². The van der Waals surface area contributed by atoms with Crippen LogP contribution in [0.25, 0.3) is 11.0 Å². The predicted octanol–water partition coefficient (Wildman–Crippen LogP) is 1.03. The van der Waals surface area contributed by atoms with Crippen molar-refractivity contribution in [2.24, 2.45) is 7.05 Å². The molecule has 31 heavy (non-hydrogen) atoms. The van der Waals surface area contributed by atoms with Crippen molar-refractivity contribution < 1.29 is 9.59 Å². The van der Waals surface area contributed by atoms with Gasteiger partial charge in [0.2, 0.25) is 11.8 Å². The molecule has 1 saturated heterocycles. The Labute approximate surface area is 181 Å². The van der Waals surface area contributed by atoms with Crippen LogP contribution in [0.15, 0.2) is 23.0 Å². The van der Waals surface area contributed by atoms with Crippen molar-refractivity contribution >= 4 is 22.8 Å². The van der Waals surface area contributed by atoms with Gasteiger partial charge in [0, 0.05) is 37.5 Å². The Morgan fingerprint density at radius 2 is 1.97 bits per heavy atom. The number of hydrogen-bond acceptors (Lipinski definition) is 5. The maximum atomic E-state index is 13.2. The van der Waals surface area contributed by atoms with E-state index in [1.54, 1.807) is 16.2 Å². The standard InChI is InChI=1S/C23H31N5O3/c1-4-27(11-10-24-2)23-12-22(13-23,14-23)15-6-5-7-16-19(15)26(3)21(31)28(16)17-8-9-18(29)25-20(17)30/h5-7,17,24H,4,8-14H2,1-3H3,(H,25,29,30). The molecule has 2 bridgehead atoms. The topological polar surface area (TPSA) is 88.4 Å². The highest BCUT2D eigenvalue weighted by Crippen LogP contribution is 2.70. The Morgan fingerprint density at radius 3 is 2.61 bits per heavy atom. The normalized spacial score (nSPS) is 29.7. The number of likely N-dealkylation sites (N-methyl/N-ethyl adjacent to an activating group) is 2. The number of rotatable bonds is 7. The number of para-hydroxylation sites is 1. The quantitative estimate of drug-likeness (QED) is 0.647. The van der Waals surface area contributed by atoms with Crippen LogP contribution in [0, 0.1) is 0 Å². The van der Waals surface area contributed by atoms with Gasteiger partial charge in [-0.1, -0.05) is 19.1 Å². The Bertz CT molecular complexity index is 1110. The molecule has 0 radical (unpaired) electrons. The van der Waals surface area contributed by atoms with Crippen LogP contribution >= 0.6 is 0 Å². The summed E-state index contributed by atoms with van der Waals surface area (Å²) in [6, 6.07) is 5.45. The van der Waals surface area contributed by atoms with Crippen LogP contribution in [0.5, 0.6) is 0 Å². The van der Waals surface area contributed by atoms with Crippen LogP contribution in [0.2, 0.25) is 0 Å². The molecule has 2 amide bonds. The molecule has 4 aliphatic rings. The van der Waals surface area contributed by atoms with Crippen molar-refractivity contribution in [1.82, 2.24) is 24.7 Å². The van der Waals surface area contributed by atoms with Gasteiger partial charge in [-0.2, -0.15) is 0 Å². The van der Waals surface area contributed by atoms with Gasteiger partial charge in [-0.15, -0.1) is 0 Å². The van der Waals surface area contributed by atoms with E-state index in [1.165, 1.54) is 5.56 Å². The van der Waals surface area contributed by atoms with E-state index >= 15 is 0 Å². The molecule has 3 aliphatic carbocycles. The average Bonchev–Trinajstić information content (AvgIpc) is 2.94. The van der Waals surface area contributed by atoms with Crippen LogP contribution < -0.4 is 16.3 Å². The Morgan fingerprint density at radius 1 is 1.23 bits per heavy atom. The third-order valence-corrected chi connectivity index (χ3v) is 7.88. The van der Waals surface area contributed by atoms with Gasteiger partial charge in [0.15, 0.2) is 0 Å². The molecule has 4 fully saturated rings. The van der Waals surface area contributed by atoms with Crippen LogP contribution in [0.4, 0.5) is 0 Å². The molecule has 3 saturated carbocycles. The van der Waals surface area contributed by atoms with Gasteiger partial charge in [-0.25, -0.2) is 4.79 Å². The number of carbonyl (C=O) groups is 2. The zero-order valence-electron chi connectivity index (χ0n) is 18.5. The van der Waals surface area contributed by atoms with Crippen molar-refractivity contribution in [2.75, 3.05) is 26.7 Å². The zero-order chi connectivity index (χ0) is 22.0. The Kier molecular flexibility index (Phi) is 4.64. The monoisotopic (exact) mass is 425 g/mol. The summed E-state index contributed by atoms with van der Waals surface area (Å²) in [4.78, 5) is 39.9. The third kappa shape index (κ3) is 2.77. The molecular formula is C23H31N5O3. The van der Waals surface area contributed by atoms with E-state index in [0.29, 0.717) is 12.0 Å². The molecule has 1 unspecified atom stereocenters. The summed E-state index contributed by atoms with van der Waals surface area (Å²) in [5.74, 6) is -0.656. The molecule has 6 rings (SSSR count). The van der Waals surface area contributed by atoms with E-state index in [-0.39, 0.29) is 29.3 Å². The number of imidazole rings is 1. The van der Waals surface area contributed by atoms with Crippen molar-refractivity contribution in [3.05, 3.63) is 34.2 Å². The summed E-state index contributed by atoms with van der Waals surface area (Å²) >= 11 is 0. The van der Waals surface area contributed by atoms with Crippen LogP contribution in [-0.4, -0.2) is 58.1 Å². The van der Waals surface area contributed by atoms with E-state index in [4.69, 9.17) is 0 Å². The Balaban J connectivity index is 1.50. The van der Waals surface area contributed by atoms with Gasteiger partial charge >= 0.3 is 5.69 Å². The summed E-state index contributed by atoms with van der Waals surface area (Å²) in [5, 5.41) is 5.64. The van der Waals surface area contributed by atoms with E-state index < -0.39 is 6.04 Å². The highest BCUT2D eigenvalue weighted by atomic mass is 16.2. The number of aromatic nitrogens is 2. The number of hydrogen-bond donors (Lipinski definition) is 2. The largest absolute Gasteiger partial charge is 0.329 e. The maximum absolute atomic E-state index is 13.2. The summed E-state index contributed by atoms with van der Waals surface area (Å²) in [7, 11) is 3.79. The summed E-state index contributed by atoms with van der Waals surface area (Å²) in [6.45, 7) is 5.32. The van der Waals surface area contributed by atoms with E-state index in [2.05, 4.69) is 28.5 Å². The number of amides is 2. The fourth-order valence-electron chi connectivity index (χ4n) is 6.43. The van der Waals surface area contributed by atoms with Crippen LogP contribution in [0.1, 0.15) is 50.6 Å². The smallest absolute Gasteiger partial charge is 0.318 e. The van der Waals surface area contributed by atoms with Crippen molar-refractivity contribution in [1.29, 1.82) is 0 Å². The molecular weight excluding hydrogens is 394 g/mol. The van der Waals surface area contributed by atoms with E-state index in [1.807, 2.05) is 19.2 Å². The first-order chi connectivity index (χ1) is 14.9. The molecule has 2 N–H and O–H groups in total. The molecule has 2 aromatic rings. The van der Waals surface area contributed by atoms with E-state index in [9.17, 15) is 14.4 Å². The Hall–Kier alpha value is -2.45. The first kappa shape index (κ1) is 20.5. The minimum Gasteiger partial charge on any atom is -0.318 e. The second-order valence-electron chi connectivity index (χ2n) is 9.57. The number of benzene rings is 1. The molecule has 166 valence electrons. The first-order valence-corrected chi connectivity index (χ1v) is 11.3. The summed E-state index contributed by atoms with van der Waals surface area (Å²) < 4.78 is 3.28. The van der Waals surface area contributed by atoms with Crippen LogP contribution in [0.3, 0.4) is 0 Å². The van der Waals surface area contributed by atoms with Crippen molar-refractivity contribution in [3.8, 4) is 0 Å². The summed E-state index contributed by atoms with van der Waals surface area (Å²) in [5.41, 5.74) is 3.17. The lowest BCUT2D eigenvalue weighted by atomic mass is 9.36. The van der Waals surface area contributed by atoms with Gasteiger partial charge in [-0.05, 0) is 50.9 Å². The number of nitrogens with one attached hydrogen (secondary N) is 2. The maximum Gasteiger partial charge on any atom is 0.329 e. The number of nitrogens with zero attached hydrogens (tertiary/aromatic N) is 3. The number of imide groups is 1. The highest BCUT2D eigenvalue weighted by molar-refractivity contribution is 6.00. The highest BCUT2D eigenvalue weighted by Gasteiger charge is 2.70. The molecule has 8 heteroatoms. The van der Waals surface area contributed by atoms with E-state index in [0.717, 1.165) is 49.9 Å². The zero-order valence-corrected chi connectivity index (χ0v) is 18.5. The molecule has 0 spiro atoms. The molecule has 1 aromatic heterocycles. The average molecular weight is 426 g/mol. The molecule has 8 nitrogen and oxygen atoms in total. The van der Waals surface area contributed by atoms with Gasteiger partial charge in [-0.3, -0.25) is 28.9 Å². The van der Waals surface area contributed by atoms with Crippen LogP contribution in [-0.2, 0) is 22.1 Å². The fourth-order valence-corrected chi connectivity index (χ4v) is 6.43. The summed E-state index contributed by atoms with van der Waals surface area (Å²) in [6.07, 6.45) is 3.97. The minimum absolute atomic E-state index is 0.119. The van der Waals surface area contributed by atoms with Gasteiger partial charge in [0.1, 0.15) is 6.04 Å². The molecule has 1 aliphatic heterocycles. The van der Waals surface area contributed by atoms with Crippen molar-refractivity contribution in [2.45, 2.75) is 56.0 Å². The molecule has 2 heterocycles. The predicted molar refractivity (Wildman–Crippen MR) is 118 cm³/mol. The fraction of sp³-hybridized carbons (Fsp3) is 0.609. The minimum atomic E-state index is -0.638. The number of piperidine rings is 1. The lowest BCUT2D eigenvalue weighted by Gasteiger charge is -2.74. The van der Waals surface area contributed by atoms with Gasteiger partial charge in [0.05, 0.1) is 11.0 Å². The lowest BCUT2D eigenvalue weighted by Crippen LogP contribution is -2.77. The second kappa shape index (κ2) is 7.03. The third-order valence-electron chi connectivity index (χ3n) is 7.88.